The number of para-hydroxylation sites is 1. The molecule has 0 atom stereocenters. The zero-order valence-corrected chi connectivity index (χ0v) is 17.6. The molecule has 0 N–H and O–H groups in total. The van der Waals surface area contributed by atoms with E-state index in [1.165, 1.54) is 10.9 Å². The molecule has 2 aromatic carbocycles. The summed E-state index contributed by atoms with van der Waals surface area (Å²) in [7, 11) is 1.67. The third-order valence-corrected chi connectivity index (χ3v) is 6.71. The zero-order chi connectivity index (χ0) is 19.8. The molecule has 0 bridgehead atoms. The normalized spacial score (nSPS) is 11.4. The summed E-state index contributed by atoms with van der Waals surface area (Å²) in [5, 5.41) is 14.0. The summed E-state index contributed by atoms with van der Waals surface area (Å²) >= 11 is 3.31. The highest BCUT2D eigenvalue weighted by Crippen LogP contribution is 2.30. The Balaban J connectivity index is 1.41. The Kier molecular flexibility index (Phi) is 4.69. The molecule has 5 rings (SSSR count). The lowest BCUT2D eigenvalue weighted by Gasteiger charge is -2.06. The maximum atomic E-state index is 5.23. The quantitative estimate of drug-likeness (QED) is 0.347. The molecule has 0 aliphatic rings. The Morgan fingerprint density at radius 3 is 2.72 bits per heavy atom. The fourth-order valence-electron chi connectivity index (χ4n) is 3.35. The average molecular weight is 419 g/mol. The molecule has 5 aromatic rings. The molecule has 0 spiro atoms. The SMILES string of the molecule is COc1ccc(-c2nc(CSc3nnc4cc(C)c5ccccc5n34)cs2)cc1. The minimum absolute atomic E-state index is 0.746. The summed E-state index contributed by atoms with van der Waals surface area (Å²) in [5.74, 6) is 1.59. The van der Waals surface area contributed by atoms with Crippen molar-refractivity contribution >= 4 is 39.6 Å². The average Bonchev–Trinajstić information content (AvgIpc) is 3.40. The lowest BCUT2D eigenvalue weighted by molar-refractivity contribution is 0.415. The van der Waals surface area contributed by atoms with Gasteiger partial charge in [0.2, 0.25) is 0 Å². The van der Waals surface area contributed by atoms with E-state index in [1.807, 2.05) is 24.3 Å². The number of methoxy groups -OCH3 is 1. The van der Waals surface area contributed by atoms with Gasteiger partial charge in [-0.2, -0.15) is 0 Å². The fourth-order valence-corrected chi connectivity index (χ4v) is 5.12. The van der Waals surface area contributed by atoms with E-state index in [2.05, 4.69) is 57.2 Å². The first-order chi connectivity index (χ1) is 14.2. The van der Waals surface area contributed by atoms with Crippen molar-refractivity contribution in [3.05, 3.63) is 71.2 Å². The number of fused-ring (bicyclic) bond motifs is 3. The van der Waals surface area contributed by atoms with Crippen LogP contribution in [0, 0.1) is 6.92 Å². The zero-order valence-electron chi connectivity index (χ0n) is 16.0. The smallest absolute Gasteiger partial charge is 0.196 e. The summed E-state index contributed by atoms with van der Waals surface area (Å²) in [5.41, 5.74) is 5.36. The van der Waals surface area contributed by atoms with Crippen molar-refractivity contribution in [2.24, 2.45) is 0 Å². The summed E-state index contributed by atoms with van der Waals surface area (Å²) in [6.45, 7) is 2.11. The third kappa shape index (κ3) is 3.36. The first-order valence-electron chi connectivity index (χ1n) is 9.18. The van der Waals surface area contributed by atoms with Gasteiger partial charge in [-0.3, -0.25) is 4.40 Å². The van der Waals surface area contributed by atoms with Crippen molar-refractivity contribution < 1.29 is 4.74 Å². The largest absolute Gasteiger partial charge is 0.497 e. The predicted molar refractivity (Wildman–Crippen MR) is 119 cm³/mol. The van der Waals surface area contributed by atoms with Crippen LogP contribution in [-0.4, -0.2) is 26.7 Å². The molecule has 0 amide bonds. The highest BCUT2D eigenvalue weighted by molar-refractivity contribution is 7.98. The lowest BCUT2D eigenvalue weighted by atomic mass is 10.1. The maximum Gasteiger partial charge on any atom is 0.196 e. The van der Waals surface area contributed by atoms with E-state index < -0.39 is 0 Å². The number of nitrogens with zero attached hydrogens (tertiary/aromatic N) is 4. The molecule has 0 radical (unpaired) electrons. The number of hydrogen-bond acceptors (Lipinski definition) is 6. The molecule has 0 aliphatic heterocycles. The third-order valence-electron chi connectivity index (χ3n) is 4.81. The molecule has 3 heterocycles. The van der Waals surface area contributed by atoms with Crippen molar-refractivity contribution in [1.82, 2.24) is 19.6 Å². The molecular formula is C22H18N4OS2. The number of thiazole rings is 1. The van der Waals surface area contributed by atoms with Gasteiger partial charge in [0.1, 0.15) is 10.8 Å². The Morgan fingerprint density at radius 2 is 1.90 bits per heavy atom. The topological polar surface area (TPSA) is 52.3 Å². The summed E-state index contributed by atoms with van der Waals surface area (Å²) < 4.78 is 7.36. The van der Waals surface area contributed by atoms with E-state index in [0.29, 0.717) is 0 Å². The summed E-state index contributed by atoms with van der Waals surface area (Å²) in [6, 6.07) is 18.5. The van der Waals surface area contributed by atoms with Gasteiger partial charge in [-0.05, 0) is 48.9 Å². The molecule has 0 fully saturated rings. The molecule has 5 nitrogen and oxygen atoms in total. The van der Waals surface area contributed by atoms with E-state index in [-0.39, 0.29) is 0 Å². The second-order valence-electron chi connectivity index (χ2n) is 6.68. The first-order valence-corrected chi connectivity index (χ1v) is 11.0. The van der Waals surface area contributed by atoms with Crippen molar-refractivity contribution in [2.45, 2.75) is 17.8 Å². The number of rotatable bonds is 5. The predicted octanol–water partition coefficient (Wildman–Crippen LogP) is 5.62. The van der Waals surface area contributed by atoms with Crippen LogP contribution < -0.4 is 4.74 Å². The molecule has 3 aromatic heterocycles. The molecular weight excluding hydrogens is 400 g/mol. The van der Waals surface area contributed by atoms with Gasteiger partial charge in [0.05, 0.1) is 18.3 Å². The van der Waals surface area contributed by atoms with Crippen molar-refractivity contribution in [2.75, 3.05) is 7.11 Å². The van der Waals surface area contributed by atoms with Gasteiger partial charge in [0.25, 0.3) is 0 Å². The van der Waals surface area contributed by atoms with Gasteiger partial charge in [0, 0.05) is 22.1 Å². The second kappa shape index (κ2) is 7.50. The van der Waals surface area contributed by atoms with Crippen LogP contribution in [0.15, 0.2) is 65.1 Å². The van der Waals surface area contributed by atoms with Crippen LogP contribution in [0.25, 0.3) is 27.1 Å². The number of aromatic nitrogens is 4. The molecule has 0 saturated carbocycles. The number of aryl methyl sites for hydroxylation is 1. The molecule has 0 unspecified atom stereocenters. The number of hydrogen-bond donors (Lipinski definition) is 0. The van der Waals surface area contributed by atoms with Crippen LogP contribution in [0.4, 0.5) is 0 Å². The Labute approximate surface area is 176 Å². The summed E-state index contributed by atoms with van der Waals surface area (Å²) in [6.07, 6.45) is 0. The second-order valence-corrected chi connectivity index (χ2v) is 8.48. The van der Waals surface area contributed by atoms with Crippen LogP contribution in [0.1, 0.15) is 11.3 Å². The van der Waals surface area contributed by atoms with E-state index in [9.17, 15) is 0 Å². The van der Waals surface area contributed by atoms with Crippen LogP contribution in [0.5, 0.6) is 5.75 Å². The minimum atomic E-state index is 0.746. The van der Waals surface area contributed by atoms with Crippen LogP contribution in [-0.2, 0) is 5.75 Å². The first kappa shape index (κ1) is 18.1. The highest BCUT2D eigenvalue weighted by atomic mass is 32.2. The lowest BCUT2D eigenvalue weighted by Crippen LogP contribution is -1.93. The van der Waals surface area contributed by atoms with Gasteiger partial charge in [-0.1, -0.05) is 30.0 Å². The maximum absolute atomic E-state index is 5.23. The van der Waals surface area contributed by atoms with Gasteiger partial charge in [-0.25, -0.2) is 4.98 Å². The minimum Gasteiger partial charge on any atom is -0.497 e. The van der Waals surface area contributed by atoms with Gasteiger partial charge in [0.15, 0.2) is 10.8 Å². The molecule has 29 heavy (non-hydrogen) atoms. The number of benzene rings is 2. The van der Waals surface area contributed by atoms with Crippen LogP contribution in [0.2, 0.25) is 0 Å². The summed E-state index contributed by atoms with van der Waals surface area (Å²) in [4.78, 5) is 4.79. The highest BCUT2D eigenvalue weighted by Gasteiger charge is 2.13. The number of ether oxygens (including phenoxy) is 1. The van der Waals surface area contributed by atoms with Crippen molar-refractivity contribution in [3.63, 3.8) is 0 Å². The molecule has 0 aliphatic carbocycles. The fraction of sp³-hybridized carbons (Fsp3) is 0.136. The van der Waals surface area contributed by atoms with E-state index >= 15 is 0 Å². The Bertz CT molecular complexity index is 1310. The van der Waals surface area contributed by atoms with Crippen LogP contribution in [0.3, 0.4) is 0 Å². The van der Waals surface area contributed by atoms with E-state index in [0.717, 1.165) is 44.1 Å². The molecule has 7 heteroatoms. The number of pyridine rings is 1. The van der Waals surface area contributed by atoms with Crippen LogP contribution >= 0.6 is 23.1 Å². The standard InChI is InChI=1S/C22H18N4OS2/c1-14-11-20-24-25-22(26(20)19-6-4-3-5-18(14)19)29-13-16-12-28-21(23-16)15-7-9-17(27-2)10-8-15/h3-12H,13H2,1-2H3. The van der Waals surface area contributed by atoms with Gasteiger partial charge in [-0.15, -0.1) is 21.5 Å². The van der Waals surface area contributed by atoms with Gasteiger partial charge < -0.3 is 4.74 Å². The van der Waals surface area contributed by atoms with Crippen molar-refractivity contribution in [3.8, 4) is 16.3 Å². The molecule has 0 saturated heterocycles. The van der Waals surface area contributed by atoms with E-state index in [4.69, 9.17) is 9.72 Å². The monoisotopic (exact) mass is 418 g/mol. The van der Waals surface area contributed by atoms with Crippen molar-refractivity contribution in [1.29, 1.82) is 0 Å². The Hall–Kier alpha value is -2.90. The Morgan fingerprint density at radius 1 is 1.07 bits per heavy atom. The number of thioether (sulfide) groups is 1. The van der Waals surface area contributed by atoms with Gasteiger partial charge >= 0.3 is 0 Å². The molecule has 144 valence electrons. The van der Waals surface area contributed by atoms with E-state index in [1.54, 1.807) is 30.2 Å².